The number of esters is 1. The van der Waals surface area contributed by atoms with Gasteiger partial charge in [0.05, 0.1) is 60.8 Å². The van der Waals surface area contributed by atoms with Crippen LogP contribution in [0.4, 0.5) is 5.69 Å². The van der Waals surface area contributed by atoms with Gasteiger partial charge in [-0.2, -0.15) is 0 Å². The molecule has 0 saturated carbocycles. The number of piperidine rings is 1. The number of aromatic hydroxyl groups is 2. The van der Waals surface area contributed by atoms with E-state index in [1.54, 1.807) is 39.8 Å². The number of fused-ring (bicyclic) bond motifs is 1. The third-order valence-corrected chi connectivity index (χ3v) is 13.2. The van der Waals surface area contributed by atoms with Crippen LogP contribution in [-0.2, 0) is 23.8 Å². The number of anilines is 1. The second-order valence-electron chi connectivity index (χ2n) is 18.4. The van der Waals surface area contributed by atoms with Crippen LogP contribution in [0.15, 0.2) is 46.1 Å². The number of benzene rings is 2. The van der Waals surface area contributed by atoms with Gasteiger partial charge in [-0.25, -0.2) is 4.99 Å². The Bertz CT molecular complexity index is 2350. The van der Waals surface area contributed by atoms with E-state index >= 15 is 0 Å². The third-order valence-electron chi connectivity index (χ3n) is 13.2. The van der Waals surface area contributed by atoms with Gasteiger partial charge in [-0.15, -0.1) is 0 Å². The van der Waals surface area contributed by atoms with E-state index in [0.717, 1.165) is 0 Å². The Hall–Kier alpha value is -4.87. The minimum atomic E-state index is -1.99. The van der Waals surface area contributed by atoms with Crippen molar-refractivity contribution in [3.05, 3.63) is 63.2 Å². The summed E-state index contributed by atoms with van der Waals surface area (Å²) in [7, 11) is 1.45. The highest BCUT2D eigenvalue weighted by Crippen LogP contribution is 2.51. The highest BCUT2D eigenvalue weighted by molar-refractivity contribution is 6.21. The number of aliphatic hydroxyl groups excluding tert-OH is 2. The lowest BCUT2D eigenvalue weighted by Crippen LogP contribution is -2.56. The summed E-state index contributed by atoms with van der Waals surface area (Å²) in [6.45, 7) is 17.6. The minimum Gasteiger partial charge on any atom is -0.633 e. The van der Waals surface area contributed by atoms with Crippen molar-refractivity contribution >= 4 is 34.1 Å². The number of phenols is 2. The molecule has 0 aliphatic carbocycles. The molecule has 9 atom stereocenters. The van der Waals surface area contributed by atoms with Crippen LogP contribution in [-0.4, -0.2) is 105 Å². The monoisotopic (exact) mass is 862 g/mol. The van der Waals surface area contributed by atoms with E-state index in [-0.39, 0.29) is 68.6 Å². The van der Waals surface area contributed by atoms with Crippen LogP contribution in [0.3, 0.4) is 0 Å². The highest BCUT2D eigenvalue weighted by atomic mass is 16.7. The quantitative estimate of drug-likeness (QED) is 0.121. The number of nitrogens with zero attached hydrogens (tertiary/aromatic N) is 3. The highest BCUT2D eigenvalue weighted by Gasteiger charge is 2.51. The van der Waals surface area contributed by atoms with Gasteiger partial charge in [0.2, 0.25) is 0 Å². The van der Waals surface area contributed by atoms with Gasteiger partial charge in [-0.05, 0) is 19.9 Å². The molecular formula is C46H62N4O12. The maximum absolute atomic E-state index is 14.7. The average Bonchev–Trinajstić information content (AvgIpc) is 3.72. The van der Waals surface area contributed by atoms with Gasteiger partial charge in [-0.3, -0.25) is 19.4 Å². The van der Waals surface area contributed by atoms with Crippen LogP contribution >= 0.6 is 0 Å². The van der Waals surface area contributed by atoms with Crippen molar-refractivity contribution in [2.75, 3.05) is 32.1 Å². The lowest BCUT2D eigenvalue weighted by Gasteiger charge is -2.50. The molecule has 338 valence electrons. The number of allylic oxidation sites excluding steroid dienone is 2. The molecular weight excluding hydrogens is 801 g/mol. The molecule has 6 rings (SSSR count). The van der Waals surface area contributed by atoms with E-state index in [1.807, 2.05) is 13.8 Å². The second-order valence-corrected chi connectivity index (χ2v) is 18.4. The van der Waals surface area contributed by atoms with Crippen molar-refractivity contribution < 1.29 is 58.4 Å². The molecule has 2 aromatic rings. The summed E-state index contributed by atoms with van der Waals surface area (Å²) in [6, 6.07) is 0. The first-order valence-electron chi connectivity index (χ1n) is 21.4. The first-order valence-corrected chi connectivity index (χ1v) is 21.4. The molecule has 4 bridgehead atoms. The number of methoxy groups -OCH3 is 1. The Balaban J connectivity index is 1.56. The molecule has 4 aliphatic rings. The molecule has 16 nitrogen and oxygen atoms in total. The number of amides is 1. The number of likely N-dealkylation sites (tertiary alicyclic amines) is 1. The number of phenolic OH excluding ortho intramolecular Hbond substituents is 2. The molecule has 2 aromatic carbocycles. The minimum absolute atomic E-state index is 0.00422. The summed E-state index contributed by atoms with van der Waals surface area (Å²) in [6.07, 6.45) is 4.29. The molecule has 5 N–H and O–H groups in total. The molecule has 0 aromatic heterocycles. The first-order chi connectivity index (χ1) is 29.0. The number of rotatable bonds is 4. The van der Waals surface area contributed by atoms with Crippen LogP contribution in [0, 0.1) is 41.7 Å². The van der Waals surface area contributed by atoms with Gasteiger partial charge in [0.1, 0.15) is 34.0 Å². The van der Waals surface area contributed by atoms with Crippen LogP contribution in [0.1, 0.15) is 91.1 Å². The zero-order valence-electron chi connectivity index (χ0n) is 37.5. The molecule has 16 heteroatoms. The fourth-order valence-electron chi connectivity index (χ4n) is 9.48. The lowest BCUT2D eigenvalue weighted by atomic mass is 9.78. The summed E-state index contributed by atoms with van der Waals surface area (Å²) < 4.78 is 23.5. The van der Waals surface area contributed by atoms with Gasteiger partial charge < -0.3 is 54.5 Å². The van der Waals surface area contributed by atoms with Gasteiger partial charge >= 0.3 is 11.8 Å². The fourth-order valence-corrected chi connectivity index (χ4v) is 9.48. The summed E-state index contributed by atoms with van der Waals surface area (Å²) >= 11 is 0. The molecule has 1 saturated heterocycles. The number of carbonyl (C=O) groups excluding carboxylic acids is 3. The SMILES string of the molecule is CO[C@H]1/C=C/O[C@@]2(C)Oc3c(C)c(O)c4c(O)c(c5c(c4c3C2=O)NC2(CC[N+]([O-])(CC(C)C)CC2)N=5)=NC(=O)/C(C)=C\C=C\[C@H](C)[C@H](O)[C@@H](C)[C@@H](O)[C@@H](C)[C@H](OC(C)=O)[C@@H]1C. The molecule has 62 heavy (non-hydrogen) atoms. The Morgan fingerprint density at radius 1 is 1.00 bits per heavy atom. The number of ether oxygens (including phenoxy) is 4. The number of quaternary nitrogens is 1. The smallest absolute Gasteiger partial charge is 0.312 e. The maximum atomic E-state index is 14.7. The van der Waals surface area contributed by atoms with Crippen LogP contribution < -0.4 is 20.8 Å². The van der Waals surface area contributed by atoms with Gasteiger partial charge in [0, 0.05) is 79.9 Å². The van der Waals surface area contributed by atoms with Crippen molar-refractivity contribution in [3.8, 4) is 17.2 Å². The largest absolute Gasteiger partial charge is 0.633 e. The average molecular weight is 863 g/mol. The molecule has 0 unspecified atom stereocenters. The third kappa shape index (κ3) is 8.47. The van der Waals surface area contributed by atoms with E-state index in [4.69, 9.17) is 23.9 Å². The van der Waals surface area contributed by atoms with Gasteiger partial charge in [0.15, 0.2) is 5.75 Å². The number of ketones is 1. The maximum Gasteiger partial charge on any atom is 0.312 e. The molecule has 1 amide bonds. The molecule has 1 spiro atoms. The summed E-state index contributed by atoms with van der Waals surface area (Å²) in [4.78, 5) is 50.4. The predicted octanol–water partition coefficient (Wildman–Crippen LogP) is 4.76. The fraction of sp³-hybridized carbons (Fsp3) is 0.587. The van der Waals surface area contributed by atoms with Crippen molar-refractivity contribution in [2.24, 2.45) is 39.6 Å². The Morgan fingerprint density at radius 2 is 1.66 bits per heavy atom. The zero-order chi connectivity index (χ0) is 45.8. The van der Waals surface area contributed by atoms with E-state index in [9.17, 15) is 40.0 Å². The number of hydroxylamine groups is 3. The van der Waals surface area contributed by atoms with Crippen molar-refractivity contribution in [2.45, 2.75) is 118 Å². The molecule has 4 aliphatic heterocycles. The lowest BCUT2D eigenvalue weighted by molar-refractivity contribution is -0.889. The summed E-state index contributed by atoms with van der Waals surface area (Å²) in [5.41, 5.74) is -0.541. The normalized spacial score (nSPS) is 36.0. The standard InChI is InChI=1S/C46H62N4O12/c1-22(2)21-50(58)18-16-46(17-19-50)48-34-31-32-39(54)28(8)42-33(31)43(56)45(10,62-42)60-20-15-30(59-11)25(5)41(61-29(9)51)27(7)38(53)26(6)37(52)23(3)13-12-14-24(4)44(57)47-36(40(32)55)35(34)49-46/h12-15,20,22-23,25-27,30,37-38,41,48,52-55H,16-19,21H2,1-11H3/b13-12+,20-15+,24-14-,47-36?/t23-,25+,26+,27+,30-,37-,38+,41+,45-,46?,50?/m0/s1. The number of Topliss-reactive ketones (excluding diaryl/α,β-unsaturated/α-hetero) is 1. The molecule has 4 heterocycles. The topological polar surface area (TPSA) is 229 Å². The molecule has 1 fully saturated rings. The van der Waals surface area contributed by atoms with E-state index in [0.29, 0.717) is 19.4 Å². The molecule has 0 radical (unpaired) electrons. The number of hydrogen-bond donors (Lipinski definition) is 5. The summed E-state index contributed by atoms with van der Waals surface area (Å²) in [5.74, 6) is -7.25. The van der Waals surface area contributed by atoms with E-state index < -0.39 is 93.3 Å². The Kier molecular flexibility index (Phi) is 13.1. The van der Waals surface area contributed by atoms with Crippen LogP contribution in [0.5, 0.6) is 17.2 Å². The van der Waals surface area contributed by atoms with Gasteiger partial charge in [0.25, 0.3) is 11.7 Å². The number of aliphatic hydroxyl groups is 2. The van der Waals surface area contributed by atoms with Crippen LogP contribution in [0.2, 0.25) is 0 Å². The number of carbonyl (C=O) groups is 3. The van der Waals surface area contributed by atoms with Crippen molar-refractivity contribution in [1.82, 2.24) is 0 Å². The Labute approximate surface area is 361 Å². The van der Waals surface area contributed by atoms with Crippen LogP contribution in [0.25, 0.3) is 10.8 Å². The zero-order valence-corrected chi connectivity index (χ0v) is 37.5. The van der Waals surface area contributed by atoms with E-state index in [1.165, 1.54) is 53.2 Å². The van der Waals surface area contributed by atoms with Crippen molar-refractivity contribution in [3.63, 3.8) is 0 Å². The second kappa shape index (κ2) is 17.4. The first kappa shape index (κ1) is 46.6. The van der Waals surface area contributed by atoms with Crippen molar-refractivity contribution in [1.29, 1.82) is 0 Å². The number of nitrogens with one attached hydrogen (secondary N) is 1. The van der Waals surface area contributed by atoms with E-state index in [2.05, 4.69) is 10.3 Å². The Morgan fingerprint density at radius 3 is 2.27 bits per heavy atom. The summed E-state index contributed by atoms with van der Waals surface area (Å²) in [5, 5.41) is 63.9. The van der Waals surface area contributed by atoms with Gasteiger partial charge in [-0.1, -0.05) is 59.8 Å². The predicted molar refractivity (Wildman–Crippen MR) is 229 cm³/mol. The number of hydrogen-bond acceptors (Lipinski definition) is 14.